The van der Waals surface area contributed by atoms with E-state index in [-0.39, 0.29) is 0 Å². The first kappa shape index (κ1) is 16.1. The van der Waals surface area contributed by atoms with E-state index < -0.39 is 0 Å². The number of hydrogen-bond donors (Lipinski definition) is 1. The Morgan fingerprint density at radius 1 is 1.19 bits per heavy atom. The predicted octanol–water partition coefficient (Wildman–Crippen LogP) is 4.54. The minimum Gasteiger partial charge on any atom is -0.490 e. The molecule has 0 fully saturated rings. The average Bonchev–Trinajstić information content (AvgIpc) is 2.48. The highest BCUT2D eigenvalue weighted by Gasteiger charge is 2.12. The Balaban J connectivity index is 2.24. The van der Waals surface area contributed by atoms with Crippen molar-refractivity contribution >= 4 is 27.5 Å². The molecule has 0 atom stereocenters. The van der Waals surface area contributed by atoms with Crippen LogP contribution in [0.25, 0.3) is 0 Å². The SMILES string of the molecule is CCOc1cc(CN)cc(Br)c1OCc1ccccc1Cl. The van der Waals surface area contributed by atoms with Crippen molar-refractivity contribution in [3.8, 4) is 11.5 Å². The zero-order chi connectivity index (χ0) is 15.2. The van der Waals surface area contributed by atoms with E-state index in [1.54, 1.807) is 0 Å². The molecule has 0 aromatic heterocycles. The van der Waals surface area contributed by atoms with Gasteiger partial charge in [-0.2, -0.15) is 0 Å². The van der Waals surface area contributed by atoms with Gasteiger partial charge in [-0.05, 0) is 46.6 Å². The van der Waals surface area contributed by atoms with Crippen molar-refractivity contribution in [2.75, 3.05) is 6.61 Å². The zero-order valence-corrected chi connectivity index (χ0v) is 14.1. The zero-order valence-electron chi connectivity index (χ0n) is 11.7. The lowest BCUT2D eigenvalue weighted by atomic mass is 10.2. The molecule has 3 nitrogen and oxygen atoms in total. The molecule has 0 unspecified atom stereocenters. The van der Waals surface area contributed by atoms with Gasteiger partial charge in [-0.3, -0.25) is 0 Å². The van der Waals surface area contributed by atoms with E-state index in [0.29, 0.717) is 36.3 Å². The Bertz CT molecular complexity index is 619. The summed E-state index contributed by atoms with van der Waals surface area (Å²) in [5, 5.41) is 0.685. The van der Waals surface area contributed by atoms with Crippen molar-refractivity contribution in [3.05, 3.63) is 57.0 Å². The number of benzene rings is 2. The molecular formula is C16H17BrClNO2. The third-order valence-corrected chi connectivity index (χ3v) is 3.89. The Morgan fingerprint density at radius 3 is 2.62 bits per heavy atom. The molecule has 112 valence electrons. The van der Waals surface area contributed by atoms with Gasteiger partial charge in [0.05, 0.1) is 11.1 Å². The van der Waals surface area contributed by atoms with Crippen molar-refractivity contribution in [2.45, 2.75) is 20.1 Å². The highest BCUT2D eigenvalue weighted by Crippen LogP contribution is 2.37. The van der Waals surface area contributed by atoms with E-state index in [9.17, 15) is 0 Å². The van der Waals surface area contributed by atoms with Crippen LogP contribution in [0.5, 0.6) is 11.5 Å². The van der Waals surface area contributed by atoms with E-state index in [0.717, 1.165) is 15.6 Å². The van der Waals surface area contributed by atoms with E-state index >= 15 is 0 Å². The van der Waals surface area contributed by atoms with Gasteiger partial charge in [-0.25, -0.2) is 0 Å². The van der Waals surface area contributed by atoms with Crippen LogP contribution >= 0.6 is 27.5 Å². The summed E-state index contributed by atoms with van der Waals surface area (Å²) in [5.41, 5.74) is 7.59. The van der Waals surface area contributed by atoms with Crippen LogP contribution in [0.4, 0.5) is 0 Å². The Hall–Kier alpha value is -1.23. The van der Waals surface area contributed by atoms with E-state index in [1.807, 2.05) is 43.3 Å². The summed E-state index contributed by atoms with van der Waals surface area (Å²) in [6.45, 7) is 3.31. The molecule has 0 bridgehead atoms. The molecule has 2 aromatic carbocycles. The Morgan fingerprint density at radius 2 is 1.95 bits per heavy atom. The maximum Gasteiger partial charge on any atom is 0.175 e. The van der Waals surface area contributed by atoms with Crippen molar-refractivity contribution in [3.63, 3.8) is 0 Å². The summed E-state index contributed by atoms with van der Waals surface area (Å²) in [4.78, 5) is 0. The maximum atomic E-state index is 6.14. The van der Waals surface area contributed by atoms with Gasteiger partial charge in [0.2, 0.25) is 0 Å². The van der Waals surface area contributed by atoms with Crippen LogP contribution in [0.2, 0.25) is 5.02 Å². The normalized spacial score (nSPS) is 10.5. The quantitative estimate of drug-likeness (QED) is 0.812. The van der Waals surface area contributed by atoms with Gasteiger partial charge in [-0.1, -0.05) is 29.8 Å². The van der Waals surface area contributed by atoms with Crippen LogP contribution in [0.15, 0.2) is 40.9 Å². The second-order valence-electron chi connectivity index (χ2n) is 4.42. The summed E-state index contributed by atoms with van der Waals surface area (Å²) in [6.07, 6.45) is 0. The van der Waals surface area contributed by atoms with Gasteiger partial charge >= 0.3 is 0 Å². The molecule has 0 saturated carbocycles. The average molecular weight is 371 g/mol. The van der Waals surface area contributed by atoms with Crippen LogP contribution in [0, 0.1) is 0 Å². The Kier molecular flexibility index (Phi) is 5.91. The van der Waals surface area contributed by atoms with Gasteiger partial charge < -0.3 is 15.2 Å². The van der Waals surface area contributed by atoms with E-state index in [1.165, 1.54) is 0 Å². The molecule has 0 heterocycles. The molecular weight excluding hydrogens is 354 g/mol. The fourth-order valence-electron chi connectivity index (χ4n) is 1.91. The lowest BCUT2D eigenvalue weighted by Gasteiger charge is -2.15. The first-order valence-corrected chi connectivity index (χ1v) is 7.84. The molecule has 21 heavy (non-hydrogen) atoms. The molecule has 0 aliphatic carbocycles. The van der Waals surface area contributed by atoms with E-state index in [4.69, 9.17) is 26.8 Å². The fraction of sp³-hybridized carbons (Fsp3) is 0.250. The molecule has 2 aromatic rings. The molecule has 0 saturated heterocycles. The molecule has 0 radical (unpaired) electrons. The minimum atomic E-state index is 0.375. The first-order chi connectivity index (χ1) is 10.2. The fourth-order valence-corrected chi connectivity index (χ4v) is 2.70. The van der Waals surface area contributed by atoms with Gasteiger partial charge in [-0.15, -0.1) is 0 Å². The van der Waals surface area contributed by atoms with Crippen molar-refractivity contribution in [2.24, 2.45) is 5.73 Å². The first-order valence-electron chi connectivity index (χ1n) is 6.67. The van der Waals surface area contributed by atoms with Gasteiger partial charge in [0.1, 0.15) is 6.61 Å². The predicted molar refractivity (Wildman–Crippen MR) is 89.0 cm³/mol. The summed E-state index contributed by atoms with van der Waals surface area (Å²) >= 11 is 9.65. The van der Waals surface area contributed by atoms with E-state index in [2.05, 4.69) is 15.9 Å². The summed E-state index contributed by atoms with van der Waals surface area (Å²) in [5.74, 6) is 1.34. The van der Waals surface area contributed by atoms with Crippen LogP contribution in [-0.4, -0.2) is 6.61 Å². The Labute approximate surface area is 138 Å². The molecule has 0 aliphatic heterocycles. The summed E-state index contributed by atoms with van der Waals surface area (Å²) in [6, 6.07) is 11.4. The van der Waals surface area contributed by atoms with Crippen LogP contribution in [0.3, 0.4) is 0 Å². The van der Waals surface area contributed by atoms with Crippen LogP contribution < -0.4 is 15.2 Å². The van der Waals surface area contributed by atoms with Gasteiger partial charge in [0.15, 0.2) is 11.5 Å². The maximum absolute atomic E-state index is 6.14. The van der Waals surface area contributed by atoms with Crippen molar-refractivity contribution in [1.82, 2.24) is 0 Å². The van der Waals surface area contributed by atoms with Gasteiger partial charge in [0, 0.05) is 17.1 Å². The lowest BCUT2D eigenvalue weighted by molar-refractivity contribution is 0.267. The number of hydrogen-bond acceptors (Lipinski definition) is 3. The second kappa shape index (κ2) is 7.69. The molecule has 0 spiro atoms. The number of ether oxygens (including phenoxy) is 2. The smallest absolute Gasteiger partial charge is 0.175 e. The molecule has 0 amide bonds. The number of nitrogens with two attached hydrogens (primary N) is 1. The monoisotopic (exact) mass is 369 g/mol. The van der Waals surface area contributed by atoms with Crippen molar-refractivity contribution < 1.29 is 9.47 Å². The van der Waals surface area contributed by atoms with Crippen LogP contribution in [-0.2, 0) is 13.2 Å². The second-order valence-corrected chi connectivity index (χ2v) is 5.68. The molecule has 0 aliphatic rings. The standard InChI is InChI=1S/C16H17BrClNO2/c1-2-20-15-8-11(9-19)7-13(17)16(15)21-10-12-5-3-4-6-14(12)18/h3-8H,2,9-10,19H2,1H3. The third kappa shape index (κ3) is 4.13. The largest absolute Gasteiger partial charge is 0.490 e. The van der Waals surface area contributed by atoms with Crippen LogP contribution in [0.1, 0.15) is 18.1 Å². The molecule has 2 rings (SSSR count). The van der Waals surface area contributed by atoms with Crippen molar-refractivity contribution in [1.29, 1.82) is 0 Å². The molecule has 2 N–H and O–H groups in total. The lowest BCUT2D eigenvalue weighted by Crippen LogP contribution is -2.03. The third-order valence-electron chi connectivity index (χ3n) is 2.93. The number of rotatable bonds is 6. The minimum absolute atomic E-state index is 0.375. The van der Waals surface area contributed by atoms with Gasteiger partial charge in [0.25, 0.3) is 0 Å². The molecule has 5 heteroatoms. The number of halogens is 2. The summed E-state index contributed by atoms with van der Waals surface area (Å²) in [7, 11) is 0. The topological polar surface area (TPSA) is 44.5 Å². The highest BCUT2D eigenvalue weighted by atomic mass is 79.9. The highest BCUT2D eigenvalue weighted by molar-refractivity contribution is 9.10. The summed E-state index contributed by atoms with van der Waals surface area (Å²) < 4.78 is 12.3.